The molecular weight excluding hydrogens is 502 g/mol. The third-order valence-corrected chi connectivity index (χ3v) is 7.20. The molecule has 7 nitrogen and oxygen atoms in total. The van der Waals surface area contributed by atoms with Gasteiger partial charge in [-0.25, -0.2) is 0 Å². The Kier molecular flexibility index (Phi) is 9.95. The van der Waals surface area contributed by atoms with Crippen molar-refractivity contribution >= 4 is 29.2 Å². The van der Waals surface area contributed by atoms with E-state index in [0.29, 0.717) is 13.0 Å². The van der Waals surface area contributed by atoms with E-state index in [0.717, 1.165) is 65.9 Å². The lowest BCUT2D eigenvalue weighted by atomic mass is 10.0. The van der Waals surface area contributed by atoms with Crippen molar-refractivity contribution < 1.29 is 19.5 Å². The summed E-state index contributed by atoms with van der Waals surface area (Å²) >= 11 is 0. The number of carbonyl (C=O) groups is 3. The molecule has 2 N–H and O–H groups in total. The Hall–Kier alpha value is -4.13. The van der Waals surface area contributed by atoms with Crippen LogP contribution < -0.4 is 10.2 Å². The van der Waals surface area contributed by atoms with E-state index in [9.17, 15) is 14.4 Å². The van der Waals surface area contributed by atoms with Gasteiger partial charge in [-0.15, -0.1) is 0 Å². The fourth-order valence-electron chi connectivity index (χ4n) is 4.80. The Balaban J connectivity index is 1.58. The number of hydrogen-bond acceptors (Lipinski definition) is 4. The number of hydrogen-bond donors (Lipinski definition) is 2. The van der Waals surface area contributed by atoms with Gasteiger partial charge in [-0.1, -0.05) is 67.9 Å². The second-order valence-electron chi connectivity index (χ2n) is 10.6. The summed E-state index contributed by atoms with van der Waals surface area (Å²) in [6, 6.07) is 23.8. The van der Waals surface area contributed by atoms with E-state index in [4.69, 9.17) is 5.11 Å². The largest absolute Gasteiger partial charge is 0.481 e. The van der Waals surface area contributed by atoms with Crippen LogP contribution in [0.3, 0.4) is 0 Å². The van der Waals surface area contributed by atoms with Crippen LogP contribution in [-0.4, -0.2) is 47.9 Å². The second kappa shape index (κ2) is 13.8. The Bertz CT molecular complexity index is 1320. The van der Waals surface area contributed by atoms with Gasteiger partial charge in [0.2, 0.25) is 11.8 Å². The standard InChI is InChI=1S/C33H39N3O4/c1-3-4-18-35(2)30-16-15-28(22-29(30)34-31(37)21-24-9-6-5-7-10-24)27-12-8-11-25(20-27)23-36(19-17-32(38)39)33(40)26-13-14-26/h5-12,15-16,20,22,26H,3-4,13-14,17-19,21,23H2,1-2H3,(H,34,37)(H,38,39). The first-order chi connectivity index (χ1) is 19.3. The highest BCUT2D eigenvalue weighted by Crippen LogP contribution is 2.33. The summed E-state index contributed by atoms with van der Waals surface area (Å²) in [6.07, 6.45) is 4.10. The van der Waals surface area contributed by atoms with E-state index in [-0.39, 0.29) is 30.7 Å². The molecule has 0 radical (unpaired) electrons. The lowest BCUT2D eigenvalue weighted by molar-refractivity contribution is -0.139. The summed E-state index contributed by atoms with van der Waals surface area (Å²) in [4.78, 5) is 40.9. The molecule has 4 rings (SSSR count). The molecule has 210 valence electrons. The number of anilines is 2. The van der Waals surface area contributed by atoms with E-state index in [1.54, 1.807) is 4.90 Å². The predicted octanol–water partition coefficient (Wildman–Crippen LogP) is 5.98. The van der Waals surface area contributed by atoms with Crippen LogP contribution in [0.4, 0.5) is 11.4 Å². The Morgan fingerprint density at radius 1 is 0.900 bits per heavy atom. The molecule has 1 aliphatic rings. The first-order valence-electron chi connectivity index (χ1n) is 14.1. The van der Waals surface area contributed by atoms with Gasteiger partial charge in [-0.2, -0.15) is 0 Å². The predicted molar refractivity (Wildman–Crippen MR) is 159 cm³/mol. The molecule has 0 aromatic heterocycles. The molecule has 1 aliphatic carbocycles. The van der Waals surface area contributed by atoms with Crippen molar-refractivity contribution in [2.24, 2.45) is 5.92 Å². The molecule has 0 bridgehead atoms. The normalized spacial score (nSPS) is 12.6. The molecule has 0 aliphatic heterocycles. The number of carbonyl (C=O) groups excluding carboxylic acids is 2. The van der Waals surface area contributed by atoms with Gasteiger partial charge in [0.1, 0.15) is 0 Å². The SMILES string of the molecule is CCCCN(C)c1ccc(-c2cccc(CN(CCC(=O)O)C(=O)C3CC3)c2)cc1NC(=O)Cc1ccccc1. The minimum atomic E-state index is -0.909. The summed E-state index contributed by atoms with van der Waals surface area (Å²) in [6.45, 7) is 3.61. The number of rotatable bonds is 14. The highest BCUT2D eigenvalue weighted by Gasteiger charge is 2.33. The Morgan fingerprint density at radius 3 is 2.33 bits per heavy atom. The van der Waals surface area contributed by atoms with E-state index < -0.39 is 5.97 Å². The maximum atomic E-state index is 13.0. The van der Waals surface area contributed by atoms with E-state index in [1.165, 1.54) is 0 Å². The Morgan fingerprint density at radius 2 is 1.62 bits per heavy atom. The van der Waals surface area contributed by atoms with Crippen molar-refractivity contribution in [2.75, 3.05) is 30.4 Å². The fraction of sp³-hybridized carbons (Fsp3) is 0.364. The van der Waals surface area contributed by atoms with Crippen molar-refractivity contribution in [3.05, 3.63) is 83.9 Å². The summed E-state index contributed by atoms with van der Waals surface area (Å²) in [5, 5.41) is 12.3. The number of aliphatic carboxylic acids is 1. The number of nitrogens with zero attached hydrogens (tertiary/aromatic N) is 2. The fourth-order valence-corrected chi connectivity index (χ4v) is 4.80. The van der Waals surface area contributed by atoms with Gasteiger partial charge in [0, 0.05) is 32.6 Å². The summed E-state index contributed by atoms with van der Waals surface area (Å²) in [5.41, 5.74) is 5.54. The molecular formula is C33H39N3O4. The summed E-state index contributed by atoms with van der Waals surface area (Å²) in [7, 11) is 2.04. The van der Waals surface area contributed by atoms with Crippen LogP contribution >= 0.6 is 0 Å². The molecule has 2 amide bonds. The molecule has 0 heterocycles. The van der Waals surface area contributed by atoms with Crippen molar-refractivity contribution in [2.45, 2.75) is 52.0 Å². The molecule has 0 unspecified atom stereocenters. The van der Waals surface area contributed by atoms with E-state index in [1.807, 2.05) is 73.8 Å². The minimum Gasteiger partial charge on any atom is -0.481 e. The highest BCUT2D eigenvalue weighted by atomic mass is 16.4. The number of benzene rings is 3. The molecule has 1 fully saturated rings. The van der Waals surface area contributed by atoms with Crippen molar-refractivity contribution in [1.82, 2.24) is 4.90 Å². The average Bonchev–Trinajstić information content (AvgIpc) is 3.80. The van der Waals surface area contributed by atoms with Crippen LogP contribution in [0.5, 0.6) is 0 Å². The molecule has 3 aromatic rings. The van der Waals surface area contributed by atoms with Gasteiger partial charge < -0.3 is 20.2 Å². The highest BCUT2D eigenvalue weighted by molar-refractivity contribution is 5.96. The maximum absolute atomic E-state index is 13.0. The third kappa shape index (κ3) is 8.18. The number of nitrogens with one attached hydrogen (secondary N) is 1. The quantitative estimate of drug-likeness (QED) is 0.262. The van der Waals surface area contributed by atoms with Gasteiger partial charge in [-0.05, 0) is 59.7 Å². The van der Waals surface area contributed by atoms with Crippen LogP contribution in [-0.2, 0) is 27.3 Å². The number of carboxylic acid groups (broad SMARTS) is 1. The van der Waals surface area contributed by atoms with Crippen LogP contribution in [0.1, 0.15) is 50.2 Å². The van der Waals surface area contributed by atoms with Gasteiger partial charge in [0.15, 0.2) is 0 Å². The van der Waals surface area contributed by atoms with Gasteiger partial charge in [-0.3, -0.25) is 14.4 Å². The lowest BCUT2D eigenvalue weighted by Gasteiger charge is -2.24. The Labute approximate surface area is 236 Å². The van der Waals surface area contributed by atoms with Crippen LogP contribution in [0, 0.1) is 5.92 Å². The molecule has 40 heavy (non-hydrogen) atoms. The zero-order chi connectivity index (χ0) is 28.5. The minimum absolute atomic E-state index is 0.0243. The second-order valence-corrected chi connectivity index (χ2v) is 10.6. The average molecular weight is 542 g/mol. The topological polar surface area (TPSA) is 89.9 Å². The number of carboxylic acids is 1. The van der Waals surface area contributed by atoms with Crippen molar-refractivity contribution in [1.29, 1.82) is 0 Å². The summed E-state index contributed by atoms with van der Waals surface area (Å²) < 4.78 is 0. The molecule has 7 heteroatoms. The first-order valence-corrected chi connectivity index (χ1v) is 14.1. The van der Waals surface area contributed by atoms with E-state index >= 15 is 0 Å². The lowest BCUT2D eigenvalue weighted by Crippen LogP contribution is -2.33. The third-order valence-electron chi connectivity index (χ3n) is 7.20. The van der Waals surface area contributed by atoms with Crippen LogP contribution in [0.2, 0.25) is 0 Å². The van der Waals surface area contributed by atoms with Gasteiger partial charge >= 0.3 is 5.97 Å². The number of amides is 2. The zero-order valence-electron chi connectivity index (χ0n) is 23.4. The summed E-state index contributed by atoms with van der Waals surface area (Å²) in [5.74, 6) is -0.922. The van der Waals surface area contributed by atoms with E-state index in [2.05, 4.69) is 23.2 Å². The van der Waals surface area contributed by atoms with Crippen LogP contribution in [0.15, 0.2) is 72.8 Å². The number of unbranched alkanes of at least 4 members (excludes halogenated alkanes) is 1. The van der Waals surface area contributed by atoms with Gasteiger partial charge in [0.25, 0.3) is 0 Å². The molecule has 0 saturated heterocycles. The molecule has 0 spiro atoms. The maximum Gasteiger partial charge on any atom is 0.305 e. The molecule has 1 saturated carbocycles. The molecule has 0 atom stereocenters. The zero-order valence-corrected chi connectivity index (χ0v) is 23.4. The van der Waals surface area contributed by atoms with Gasteiger partial charge in [0.05, 0.1) is 24.2 Å². The van der Waals surface area contributed by atoms with Crippen molar-refractivity contribution in [3.63, 3.8) is 0 Å². The molecule has 3 aromatic carbocycles. The smallest absolute Gasteiger partial charge is 0.305 e. The van der Waals surface area contributed by atoms with Crippen LogP contribution in [0.25, 0.3) is 11.1 Å². The first kappa shape index (κ1) is 28.9. The van der Waals surface area contributed by atoms with Crippen molar-refractivity contribution in [3.8, 4) is 11.1 Å². The monoisotopic (exact) mass is 541 g/mol.